The first-order chi connectivity index (χ1) is 26.1. The molecule has 1 unspecified atom stereocenters. The Morgan fingerprint density at radius 3 is 1.84 bits per heavy atom. The molecule has 2 N–H and O–H groups in total. The van der Waals surface area contributed by atoms with Crippen LogP contribution in [0.3, 0.4) is 0 Å². The highest BCUT2D eigenvalue weighted by Gasteiger charge is 2.46. The largest absolute Gasteiger partial charge is 0.466 e. The molecule has 0 bridgehead atoms. The zero-order valence-corrected chi connectivity index (χ0v) is 34.1. The number of nitrogens with zero attached hydrogens (tertiary/aromatic N) is 3. The van der Waals surface area contributed by atoms with E-state index in [-0.39, 0.29) is 21.6 Å². The van der Waals surface area contributed by atoms with E-state index in [1.54, 1.807) is 4.68 Å². The van der Waals surface area contributed by atoms with Crippen LogP contribution in [-0.2, 0) is 52.1 Å². The lowest BCUT2D eigenvalue weighted by molar-refractivity contribution is 0.0449. The second-order valence-corrected chi connectivity index (χ2v) is 23.3. The summed E-state index contributed by atoms with van der Waals surface area (Å²) in [5.41, 5.74) is 3.58. The summed E-state index contributed by atoms with van der Waals surface area (Å²) in [6, 6.07) is 28.3. The molecule has 1 aromatic heterocycles. The summed E-state index contributed by atoms with van der Waals surface area (Å²) < 4.78 is 54.6. The molecule has 5 aromatic rings. The number of anilines is 1. The average Bonchev–Trinajstić information content (AvgIpc) is 3.66. The van der Waals surface area contributed by atoms with Gasteiger partial charge in [-0.05, 0) is 89.7 Å². The Morgan fingerprint density at radius 2 is 1.38 bits per heavy atom. The normalized spacial score (nSPS) is 18.4. The topological polar surface area (TPSA) is 107 Å². The van der Waals surface area contributed by atoms with Crippen molar-refractivity contribution in [3.63, 3.8) is 0 Å². The van der Waals surface area contributed by atoms with Gasteiger partial charge in [-0.3, -0.25) is 0 Å². The third-order valence-electron chi connectivity index (χ3n) is 11.9. The number of aromatic nitrogens is 2. The Bertz CT molecular complexity index is 2280. The van der Waals surface area contributed by atoms with Crippen molar-refractivity contribution in [1.29, 1.82) is 0 Å². The summed E-state index contributed by atoms with van der Waals surface area (Å²) >= 11 is 0. The van der Waals surface area contributed by atoms with Gasteiger partial charge in [0, 0.05) is 5.69 Å². The summed E-state index contributed by atoms with van der Waals surface area (Å²) in [7, 11) is -6.10. The van der Waals surface area contributed by atoms with E-state index in [1.807, 2.05) is 97.9 Å². The highest BCUT2D eigenvalue weighted by atomic mass is 32.2. The molecule has 0 spiro atoms. The third-order valence-corrected chi connectivity index (χ3v) is 18.2. The third kappa shape index (κ3) is 6.37. The van der Waals surface area contributed by atoms with Gasteiger partial charge in [-0.25, -0.2) is 22.8 Å². The molecule has 0 fully saturated rings. The number of nitrogens with one attached hydrogen (secondary N) is 2. The van der Waals surface area contributed by atoms with Crippen molar-refractivity contribution in [3.8, 4) is 5.88 Å². The van der Waals surface area contributed by atoms with Gasteiger partial charge in [0.1, 0.15) is 21.9 Å². The molecule has 3 aliphatic rings. The Kier molecular flexibility index (Phi) is 9.09. The Morgan fingerprint density at radius 1 is 0.891 bits per heavy atom. The molecule has 0 saturated heterocycles. The van der Waals surface area contributed by atoms with Gasteiger partial charge in [-0.1, -0.05) is 112 Å². The number of rotatable bonds is 10. The van der Waals surface area contributed by atoms with Crippen molar-refractivity contribution in [2.45, 2.75) is 94.1 Å². The number of benzene rings is 4. The van der Waals surface area contributed by atoms with Crippen LogP contribution in [0.1, 0.15) is 66.6 Å². The maximum Gasteiger partial charge on any atom is 0.331 e. The number of amides is 2. The molecule has 2 amide bonds. The van der Waals surface area contributed by atoms with Gasteiger partial charge in [0.05, 0.1) is 19.3 Å². The van der Waals surface area contributed by atoms with Crippen molar-refractivity contribution >= 4 is 30.0 Å². The van der Waals surface area contributed by atoms with Crippen LogP contribution in [0.4, 0.5) is 14.9 Å². The number of hydrogen-bond acceptors (Lipinski definition) is 6. The molecule has 2 heterocycles. The lowest BCUT2D eigenvalue weighted by atomic mass is 9.76. The first-order valence-corrected chi connectivity index (χ1v) is 23.3. The van der Waals surface area contributed by atoms with Gasteiger partial charge < -0.3 is 14.5 Å². The van der Waals surface area contributed by atoms with Gasteiger partial charge >= 0.3 is 6.03 Å². The quantitative estimate of drug-likeness (QED) is 0.109. The first-order valence-electron chi connectivity index (χ1n) is 18.9. The van der Waals surface area contributed by atoms with E-state index in [0.717, 1.165) is 27.8 Å². The van der Waals surface area contributed by atoms with Crippen molar-refractivity contribution in [3.05, 3.63) is 142 Å². The molecule has 2 aliphatic carbocycles. The Balaban J connectivity index is 1.29. The monoisotopic (exact) mass is 777 g/mol. The predicted octanol–water partition coefficient (Wildman–Crippen LogP) is 8.95. The molecule has 9 nitrogen and oxygen atoms in total. The van der Waals surface area contributed by atoms with Crippen LogP contribution in [0.2, 0.25) is 18.1 Å². The summed E-state index contributed by atoms with van der Waals surface area (Å²) in [5.74, 6) is 0.104. The summed E-state index contributed by atoms with van der Waals surface area (Å²) in [6.45, 7) is 13.6. The first kappa shape index (κ1) is 37.2. The van der Waals surface area contributed by atoms with E-state index in [4.69, 9.17) is 13.5 Å². The van der Waals surface area contributed by atoms with E-state index in [2.05, 4.69) is 49.0 Å². The van der Waals surface area contributed by atoms with E-state index < -0.39 is 35.4 Å². The van der Waals surface area contributed by atoms with Crippen LogP contribution in [0.5, 0.6) is 5.88 Å². The zero-order chi connectivity index (χ0) is 38.8. The molecular weight excluding hydrogens is 730 g/mol. The van der Waals surface area contributed by atoms with Gasteiger partial charge in [0.2, 0.25) is 5.88 Å². The smallest absolute Gasteiger partial charge is 0.331 e. The molecule has 286 valence electrons. The van der Waals surface area contributed by atoms with Gasteiger partial charge in [0.25, 0.3) is 0 Å². The lowest BCUT2D eigenvalue weighted by Crippen LogP contribution is -2.47. The molecule has 55 heavy (non-hydrogen) atoms. The molecule has 8 rings (SSSR count). The highest BCUT2D eigenvalue weighted by Crippen LogP contribution is 2.46. The number of halogens is 1. The van der Waals surface area contributed by atoms with Crippen molar-refractivity contribution in [2.24, 2.45) is 4.36 Å². The maximum atomic E-state index is 16.2. The number of carbonyl (C=O) groups excluding carboxylic acids is 1. The van der Waals surface area contributed by atoms with E-state index in [1.165, 1.54) is 6.20 Å². The zero-order valence-electron chi connectivity index (χ0n) is 32.2. The van der Waals surface area contributed by atoms with Crippen molar-refractivity contribution < 1.29 is 22.6 Å². The SMILES string of the molecule is CC(C)(C)[Si](C)(C)OC[C@@]1(C)Cn2ncc(S(=O)(=NC(c3ccccc3)(c3ccccc3)c3ccccc3)NC(=O)Nc3c4c(c(F)c5c3CC5)CC4)c2O1. The molecule has 0 radical (unpaired) electrons. The summed E-state index contributed by atoms with van der Waals surface area (Å²) in [5, 5.41) is 7.67. The fourth-order valence-corrected chi connectivity index (χ4v) is 10.5. The number of urea groups is 1. The summed E-state index contributed by atoms with van der Waals surface area (Å²) in [6.07, 6.45) is 4.06. The number of ether oxygens (including phenoxy) is 1. The summed E-state index contributed by atoms with van der Waals surface area (Å²) in [4.78, 5) is 14.5. The molecule has 1 aliphatic heterocycles. The molecule has 4 aromatic carbocycles. The van der Waals surface area contributed by atoms with Gasteiger partial charge in [0.15, 0.2) is 18.2 Å². The van der Waals surface area contributed by atoms with E-state index in [0.29, 0.717) is 55.6 Å². The highest BCUT2D eigenvalue weighted by molar-refractivity contribution is 7.92. The molecular formula is C43H48FN5O4SSi. The van der Waals surface area contributed by atoms with Crippen LogP contribution >= 0.6 is 0 Å². The number of carbonyl (C=O) groups is 1. The van der Waals surface area contributed by atoms with E-state index in [9.17, 15) is 4.79 Å². The fraction of sp³-hybridized carbons (Fsp3) is 0.349. The van der Waals surface area contributed by atoms with Gasteiger partial charge in [-0.15, -0.1) is 0 Å². The maximum absolute atomic E-state index is 16.2. The van der Waals surface area contributed by atoms with Crippen LogP contribution in [-0.4, -0.2) is 40.5 Å². The predicted molar refractivity (Wildman–Crippen MR) is 216 cm³/mol. The Labute approximate surface area is 324 Å². The fourth-order valence-electron chi connectivity index (χ4n) is 7.55. The van der Waals surface area contributed by atoms with Crippen molar-refractivity contribution in [2.75, 3.05) is 11.9 Å². The molecule has 2 atom stereocenters. The minimum absolute atomic E-state index is 0.00639. The lowest BCUT2D eigenvalue weighted by Gasteiger charge is -2.38. The van der Waals surface area contributed by atoms with Crippen molar-refractivity contribution in [1.82, 2.24) is 14.5 Å². The minimum Gasteiger partial charge on any atom is -0.466 e. The number of fused-ring (bicyclic) bond motifs is 3. The number of hydrogen-bond donors (Lipinski definition) is 2. The van der Waals surface area contributed by atoms with Crippen LogP contribution in [0.15, 0.2) is 106 Å². The standard InChI is InChI=1S/C43H48FN5O4SSi/c1-41(2,3)55(5,6)52-28-42(4)27-49-39(53-42)36(26-45-49)54(51,47-40(50)46-38-34-24-22-32(34)37(44)33-23-25-35(33)38)48-43(29-16-10-7-11-17-29,30-18-12-8-13-19-30)31-20-14-9-15-21-31/h7-21,26H,22-25,27-28H2,1-6H3,(H2,46,47,48,50,51)/t42-,54?/m1/s1. The van der Waals surface area contributed by atoms with Crippen LogP contribution in [0, 0.1) is 5.82 Å². The van der Waals surface area contributed by atoms with Gasteiger partial charge in [-0.2, -0.15) is 9.46 Å². The molecule has 0 saturated carbocycles. The second-order valence-electron chi connectivity index (χ2n) is 16.7. The van der Waals surface area contributed by atoms with Crippen LogP contribution < -0.4 is 14.8 Å². The van der Waals surface area contributed by atoms with Crippen LogP contribution in [0.25, 0.3) is 0 Å². The second kappa shape index (κ2) is 13.5. The average molecular weight is 778 g/mol. The van der Waals surface area contributed by atoms with E-state index >= 15 is 8.60 Å². The Hall–Kier alpha value is -4.78. The minimum atomic E-state index is -3.96. The molecule has 12 heteroatoms.